The Morgan fingerprint density at radius 2 is 2.11 bits per heavy atom. The molecule has 1 fully saturated rings. The van der Waals surface area contributed by atoms with Crippen molar-refractivity contribution in [2.75, 3.05) is 12.4 Å². The SMILES string of the molecule is CNc1cccc(-c2nc(C3CCCC3)cs2)c1. The van der Waals surface area contributed by atoms with E-state index in [1.165, 1.54) is 36.9 Å². The van der Waals surface area contributed by atoms with Crippen LogP contribution in [0.1, 0.15) is 37.3 Å². The number of hydrogen-bond acceptors (Lipinski definition) is 3. The molecule has 0 atom stereocenters. The Balaban J connectivity index is 1.87. The normalized spacial score (nSPS) is 16.1. The molecule has 1 aromatic heterocycles. The summed E-state index contributed by atoms with van der Waals surface area (Å²) in [5.41, 5.74) is 3.67. The molecule has 1 saturated carbocycles. The van der Waals surface area contributed by atoms with Gasteiger partial charge in [-0.05, 0) is 25.0 Å². The minimum Gasteiger partial charge on any atom is -0.388 e. The molecule has 1 aromatic carbocycles. The first kappa shape index (κ1) is 11.7. The first-order valence-electron chi connectivity index (χ1n) is 6.60. The lowest BCUT2D eigenvalue weighted by molar-refractivity contribution is 0.704. The summed E-state index contributed by atoms with van der Waals surface area (Å²) in [7, 11) is 1.95. The van der Waals surface area contributed by atoms with E-state index in [0.29, 0.717) is 5.92 Å². The summed E-state index contributed by atoms with van der Waals surface area (Å²) < 4.78 is 0. The minimum absolute atomic E-state index is 0.711. The lowest BCUT2D eigenvalue weighted by atomic mass is 10.1. The van der Waals surface area contributed by atoms with Crippen LogP contribution in [-0.2, 0) is 0 Å². The maximum absolute atomic E-state index is 4.83. The summed E-state index contributed by atoms with van der Waals surface area (Å²) in [6.45, 7) is 0. The summed E-state index contributed by atoms with van der Waals surface area (Å²) in [6, 6.07) is 8.46. The Kier molecular flexibility index (Phi) is 3.33. The van der Waals surface area contributed by atoms with Gasteiger partial charge in [-0.3, -0.25) is 0 Å². The van der Waals surface area contributed by atoms with Crippen LogP contribution < -0.4 is 5.32 Å². The monoisotopic (exact) mass is 258 g/mol. The third kappa shape index (κ3) is 2.27. The Morgan fingerprint density at radius 1 is 1.28 bits per heavy atom. The maximum atomic E-state index is 4.83. The smallest absolute Gasteiger partial charge is 0.123 e. The average molecular weight is 258 g/mol. The van der Waals surface area contributed by atoms with Crippen LogP contribution in [0.15, 0.2) is 29.6 Å². The van der Waals surface area contributed by atoms with Gasteiger partial charge in [0.1, 0.15) is 5.01 Å². The van der Waals surface area contributed by atoms with Crippen LogP contribution in [0.5, 0.6) is 0 Å². The predicted octanol–water partition coefficient (Wildman–Crippen LogP) is 4.51. The summed E-state index contributed by atoms with van der Waals surface area (Å²) in [4.78, 5) is 4.83. The van der Waals surface area contributed by atoms with Gasteiger partial charge in [0.2, 0.25) is 0 Å². The van der Waals surface area contributed by atoms with Gasteiger partial charge in [0.25, 0.3) is 0 Å². The molecule has 3 heteroatoms. The van der Waals surface area contributed by atoms with E-state index in [9.17, 15) is 0 Å². The van der Waals surface area contributed by atoms with Crippen LogP contribution >= 0.6 is 11.3 Å². The highest BCUT2D eigenvalue weighted by Gasteiger charge is 2.19. The fourth-order valence-electron chi connectivity index (χ4n) is 2.64. The minimum atomic E-state index is 0.711. The first-order chi connectivity index (χ1) is 8.86. The van der Waals surface area contributed by atoms with Crippen molar-refractivity contribution in [3.8, 4) is 10.6 Å². The van der Waals surface area contributed by atoms with E-state index >= 15 is 0 Å². The summed E-state index contributed by atoms with van der Waals surface area (Å²) in [6.07, 6.45) is 5.37. The maximum Gasteiger partial charge on any atom is 0.123 e. The van der Waals surface area contributed by atoms with Crippen LogP contribution in [0, 0.1) is 0 Å². The highest BCUT2D eigenvalue weighted by Crippen LogP contribution is 2.36. The van der Waals surface area contributed by atoms with Crippen molar-refractivity contribution in [2.24, 2.45) is 0 Å². The topological polar surface area (TPSA) is 24.9 Å². The number of rotatable bonds is 3. The Morgan fingerprint density at radius 3 is 2.89 bits per heavy atom. The van der Waals surface area contributed by atoms with E-state index in [2.05, 4.69) is 35.0 Å². The largest absolute Gasteiger partial charge is 0.388 e. The molecule has 0 bridgehead atoms. The van der Waals surface area contributed by atoms with Gasteiger partial charge in [-0.25, -0.2) is 4.98 Å². The van der Waals surface area contributed by atoms with E-state index in [1.54, 1.807) is 11.3 Å². The van der Waals surface area contributed by atoms with Crippen molar-refractivity contribution in [3.63, 3.8) is 0 Å². The highest BCUT2D eigenvalue weighted by atomic mass is 32.1. The number of nitrogens with one attached hydrogen (secondary N) is 1. The fraction of sp³-hybridized carbons (Fsp3) is 0.400. The van der Waals surface area contributed by atoms with E-state index in [1.807, 2.05) is 7.05 Å². The molecule has 0 saturated heterocycles. The molecule has 94 valence electrons. The van der Waals surface area contributed by atoms with Gasteiger partial charge in [0, 0.05) is 29.6 Å². The Bertz CT molecular complexity index is 527. The van der Waals surface area contributed by atoms with Crippen molar-refractivity contribution in [3.05, 3.63) is 35.3 Å². The quantitative estimate of drug-likeness (QED) is 0.876. The second-order valence-electron chi connectivity index (χ2n) is 4.89. The molecular formula is C15H18N2S. The van der Waals surface area contributed by atoms with Crippen LogP contribution in [0.3, 0.4) is 0 Å². The summed E-state index contributed by atoms with van der Waals surface area (Å²) in [5, 5.41) is 6.57. The number of thiazole rings is 1. The van der Waals surface area contributed by atoms with E-state index in [4.69, 9.17) is 4.98 Å². The molecule has 0 amide bonds. The molecule has 18 heavy (non-hydrogen) atoms. The predicted molar refractivity (Wildman–Crippen MR) is 78.3 cm³/mol. The molecule has 1 N–H and O–H groups in total. The van der Waals surface area contributed by atoms with Crippen LogP contribution in [-0.4, -0.2) is 12.0 Å². The number of benzene rings is 1. The zero-order chi connectivity index (χ0) is 12.4. The standard InChI is InChI=1S/C15H18N2S/c1-16-13-8-4-7-12(9-13)15-17-14(10-18-15)11-5-2-3-6-11/h4,7-11,16H,2-3,5-6H2,1H3. The lowest BCUT2D eigenvalue weighted by Crippen LogP contribution is -1.92. The van der Waals surface area contributed by atoms with Crippen molar-refractivity contribution in [2.45, 2.75) is 31.6 Å². The third-order valence-corrected chi connectivity index (χ3v) is 4.60. The Labute approximate surface area is 112 Å². The fourth-order valence-corrected chi connectivity index (χ4v) is 3.53. The number of hydrogen-bond donors (Lipinski definition) is 1. The molecular weight excluding hydrogens is 240 g/mol. The molecule has 0 aliphatic heterocycles. The molecule has 1 heterocycles. The van der Waals surface area contributed by atoms with E-state index < -0.39 is 0 Å². The molecule has 0 spiro atoms. The van der Waals surface area contributed by atoms with Gasteiger partial charge >= 0.3 is 0 Å². The van der Waals surface area contributed by atoms with Crippen molar-refractivity contribution in [1.82, 2.24) is 4.98 Å². The molecule has 0 unspecified atom stereocenters. The van der Waals surface area contributed by atoms with Gasteiger partial charge in [-0.2, -0.15) is 0 Å². The van der Waals surface area contributed by atoms with Gasteiger partial charge < -0.3 is 5.32 Å². The zero-order valence-corrected chi connectivity index (χ0v) is 11.5. The van der Waals surface area contributed by atoms with Crippen molar-refractivity contribution < 1.29 is 0 Å². The third-order valence-electron chi connectivity index (χ3n) is 3.69. The van der Waals surface area contributed by atoms with E-state index in [-0.39, 0.29) is 0 Å². The Hall–Kier alpha value is -1.35. The van der Waals surface area contributed by atoms with Crippen LogP contribution in [0.4, 0.5) is 5.69 Å². The average Bonchev–Trinajstić information content (AvgIpc) is 3.09. The van der Waals surface area contributed by atoms with Gasteiger partial charge in [-0.15, -0.1) is 11.3 Å². The molecule has 1 aliphatic rings. The molecule has 2 nitrogen and oxygen atoms in total. The van der Waals surface area contributed by atoms with Crippen molar-refractivity contribution in [1.29, 1.82) is 0 Å². The van der Waals surface area contributed by atoms with Crippen molar-refractivity contribution >= 4 is 17.0 Å². The number of aromatic nitrogens is 1. The van der Waals surface area contributed by atoms with Gasteiger partial charge in [-0.1, -0.05) is 25.0 Å². The molecule has 1 aliphatic carbocycles. The summed E-state index contributed by atoms with van der Waals surface area (Å²) >= 11 is 1.77. The first-order valence-corrected chi connectivity index (χ1v) is 7.48. The second kappa shape index (κ2) is 5.11. The lowest BCUT2D eigenvalue weighted by Gasteiger charge is -2.04. The van der Waals surface area contributed by atoms with Gasteiger partial charge in [0.15, 0.2) is 0 Å². The van der Waals surface area contributed by atoms with Crippen LogP contribution in [0.2, 0.25) is 0 Å². The van der Waals surface area contributed by atoms with E-state index in [0.717, 1.165) is 10.7 Å². The number of anilines is 1. The zero-order valence-electron chi connectivity index (χ0n) is 10.6. The summed E-state index contributed by atoms with van der Waals surface area (Å²) in [5.74, 6) is 0.711. The molecule has 2 aromatic rings. The number of nitrogens with zero attached hydrogens (tertiary/aromatic N) is 1. The highest BCUT2D eigenvalue weighted by molar-refractivity contribution is 7.13. The van der Waals surface area contributed by atoms with Crippen LogP contribution in [0.25, 0.3) is 10.6 Å². The molecule has 3 rings (SSSR count). The van der Waals surface area contributed by atoms with Gasteiger partial charge in [0.05, 0.1) is 5.69 Å². The molecule has 0 radical (unpaired) electrons. The second-order valence-corrected chi connectivity index (χ2v) is 5.75.